The summed E-state index contributed by atoms with van der Waals surface area (Å²) >= 11 is 0. The number of carbonyl (C=O) groups is 2. The highest BCUT2D eigenvalue weighted by atomic mass is 16.2. The third kappa shape index (κ3) is 2.52. The van der Waals surface area contributed by atoms with Gasteiger partial charge in [0, 0.05) is 23.5 Å². The maximum absolute atomic E-state index is 12.7. The van der Waals surface area contributed by atoms with E-state index >= 15 is 0 Å². The minimum atomic E-state index is -0.0501. The Labute approximate surface area is 123 Å². The van der Waals surface area contributed by atoms with Crippen LogP contribution in [0.1, 0.15) is 22.8 Å². The summed E-state index contributed by atoms with van der Waals surface area (Å²) < 4.78 is 0. The van der Waals surface area contributed by atoms with Crippen LogP contribution in [0.25, 0.3) is 0 Å². The molecule has 0 saturated carbocycles. The fourth-order valence-corrected chi connectivity index (χ4v) is 2.57. The van der Waals surface area contributed by atoms with Crippen molar-refractivity contribution in [3.8, 4) is 0 Å². The molecular formula is C17H16N2O2. The summed E-state index contributed by atoms with van der Waals surface area (Å²) in [4.78, 5) is 25.8. The lowest BCUT2D eigenvalue weighted by atomic mass is 10.1. The van der Waals surface area contributed by atoms with Gasteiger partial charge in [0.15, 0.2) is 0 Å². The molecule has 106 valence electrons. The van der Waals surface area contributed by atoms with E-state index in [4.69, 9.17) is 0 Å². The topological polar surface area (TPSA) is 49.4 Å². The van der Waals surface area contributed by atoms with Crippen LogP contribution in [0.2, 0.25) is 0 Å². The maximum atomic E-state index is 12.7. The second-order valence-electron chi connectivity index (χ2n) is 4.98. The first-order valence-corrected chi connectivity index (χ1v) is 6.98. The van der Waals surface area contributed by atoms with Gasteiger partial charge >= 0.3 is 0 Å². The number of hydrogen-bond acceptors (Lipinski definition) is 2. The number of nitrogens with zero attached hydrogens (tertiary/aromatic N) is 1. The van der Waals surface area contributed by atoms with Crippen molar-refractivity contribution in [1.29, 1.82) is 0 Å². The van der Waals surface area contributed by atoms with Gasteiger partial charge in [-0.25, -0.2) is 0 Å². The molecule has 1 aliphatic rings. The third-order valence-electron chi connectivity index (χ3n) is 3.61. The summed E-state index contributed by atoms with van der Waals surface area (Å²) in [6, 6.07) is 15.0. The smallest absolute Gasteiger partial charge is 0.258 e. The molecule has 1 N–H and O–H groups in total. The minimum absolute atomic E-state index is 0.0231. The minimum Gasteiger partial charge on any atom is -0.326 e. The molecule has 0 atom stereocenters. The van der Waals surface area contributed by atoms with E-state index in [1.54, 1.807) is 23.1 Å². The molecule has 1 heterocycles. The van der Waals surface area contributed by atoms with E-state index in [1.165, 1.54) is 0 Å². The van der Waals surface area contributed by atoms with E-state index in [-0.39, 0.29) is 11.8 Å². The molecule has 0 saturated heterocycles. The molecule has 2 aromatic rings. The van der Waals surface area contributed by atoms with Gasteiger partial charge in [0.25, 0.3) is 5.91 Å². The SMILES string of the molecule is CCN(C(=O)c1ccc2c(c1)CC(=O)N2)c1ccccc1. The lowest BCUT2D eigenvalue weighted by Gasteiger charge is -2.21. The monoisotopic (exact) mass is 280 g/mol. The molecule has 2 amide bonds. The zero-order valence-electron chi connectivity index (χ0n) is 11.8. The molecule has 4 heteroatoms. The van der Waals surface area contributed by atoms with Crippen LogP contribution in [0.4, 0.5) is 11.4 Å². The van der Waals surface area contributed by atoms with Crippen LogP contribution >= 0.6 is 0 Å². The van der Waals surface area contributed by atoms with E-state index in [0.717, 1.165) is 16.9 Å². The molecule has 21 heavy (non-hydrogen) atoms. The van der Waals surface area contributed by atoms with Gasteiger partial charge in [0.1, 0.15) is 0 Å². The summed E-state index contributed by atoms with van der Waals surface area (Å²) in [6.45, 7) is 2.54. The first kappa shape index (κ1) is 13.4. The Balaban J connectivity index is 1.91. The van der Waals surface area contributed by atoms with Crippen molar-refractivity contribution in [3.05, 3.63) is 59.7 Å². The Morgan fingerprint density at radius 2 is 1.95 bits per heavy atom. The van der Waals surface area contributed by atoms with Crippen molar-refractivity contribution >= 4 is 23.2 Å². The van der Waals surface area contributed by atoms with Gasteiger partial charge in [0.05, 0.1) is 6.42 Å². The first-order valence-electron chi connectivity index (χ1n) is 6.98. The van der Waals surface area contributed by atoms with Gasteiger partial charge in [-0.05, 0) is 42.8 Å². The van der Waals surface area contributed by atoms with E-state index in [9.17, 15) is 9.59 Å². The lowest BCUT2D eigenvalue weighted by Crippen LogP contribution is -2.30. The quantitative estimate of drug-likeness (QED) is 0.940. The molecule has 0 unspecified atom stereocenters. The number of benzene rings is 2. The Morgan fingerprint density at radius 1 is 1.19 bits per heavy atom. The standard InChI is InChI=1S/C17H16N2O2/c1-2-19(14-6-4-3-5-7-14)17(21)12-8-9-15-13(10-12)11-16(20)18-15/h3-10H,2,11H2,1H3,(H,18,20). The van der Waals surface area contributed by atoms with Gasteiger partial charge in [0.2, 0.25) is 5.91 Å². The predicted molar refractivity (Wildman–Crippen MR) is 82.6 cm³/mol. The molecule has 4 nitrogen and oxygen atoms in total. The molecule has 0 aromatic heterocycles. The molecule has 0 radical (unpaired) electrons. The highest BCUT2D eigenvalue weighted by molar-refractivity contribution is 6.07. The van der Waals surface area contributed by atoms with E-state index in [0.29, 0.717) is 18.5 Å². The summed E-state index contributed by atoms with van der Waals surface area (Å²) in [5.41, 5.74) is 3.17. The van der Waals surface area contributed by atoms with Crippen molar-refractivity contribution < 1.29 is 9.59 Å². The number of carbonyl (C=O) groups excluding carboxylic acids is 2. The Morgan fingerprint density at radius 3 is 2.67 bits per heavy atom. The van der Waals surface area contributed by atoms with Crippen molar-refractivity contribution in [1.82, 2.24) is 0 Å². The second kappa shape index (κ2) is 5.40. The van der Waals surface area contributed by atoms with Gasteiger partial charge < -0.3 is 10.2 Å². The summed E-state index contributed by atoms with van der Waals surface area (Å²) in [6.07, 6.45) is 0.341. The van der Waals surface area contributed by atoms with E-state index < -0.39 is 0 Å². The fourth-order valence-electron chi connectivity index (χ4n) is 2.57. The predicted octanol–water partition coefficient (Wildman–Crippen LogP) is 2.85. The van der Waals surface area contributed by atoms with Crippen LogP contribution in [-0.2, 0) is 11.2 Å². The summed E-state index contributed by atoms with van der Waals surface area (Å²) in [5.74, 6) is -0.0733. The molecule has 2 aromatic carbocycles. The highest BCUT2D eigenvalue weighted by Gasteiger charge is 2.21. The van der Waals surface area contributed by atoms with Crippen molar-refractivity contribution in [3.63, 3.8) is 0 Å². The molecule has 3 rings (SSSR count). The number of para-hydroxylation sites is 1. The van der Waals surface area contributed by atoms with Gasteiger partial charge in [-0.15, -0.1) is 0 Å². The van der Waals surface area contributed by atoms with Gasteiger partial charge in [-0.1, -0.05) is 18.2 Å². The van der Waals surface area contributed by atoms with Crippen LogP contribution in [0.3, 0.4) is 0 Å². The average Bonchev–Trinajstić information content (AvgIpc) is 2.88. The van der Waals surface area contributed by atoms with Gasteiger partial charge in [-0.2, -0.15) is 0 Å². The highest BCUT2D eigenvalue weighted by Crippen LogP contribution is 2.25. The van der Waals surface area contributed by atoms with Crippen molar-refractivity contribution in [2.45, 2.75) is 13.3 Å². The molecule has 0 bridgehead atoms. The largest absolute Gasteiger partial charge is 0.326 e. The number of anilines is 2. The Bertz CT molecular complexity index is 695. The van der Waals surface area contributed by atoms with Gasteiger partial charge in [-0.3, -0.25) is 9.59 Å². The summed E-state index contributed by atoms with van der Waals surface area (Å²) in [5, 5.41) is 2.77. The normalized spacial score (nSPS) is 12.7. The number of hydrogen-bond donors (Lipinski definition) is 1. The molecule has 0 aliphatic carbocycles. The number of fused-ring (bicyclic) bond motifs is 1. The van der Waals surface area contributed by atoms with E-state index in [2.05, 4.69) is 5.32 Å². The lowest BCUT2D eigenvalue weighted by molar-refractivity contribution is -0.115. The molecule has 0 fully saturated rings. The number of rotatable bonds is 3. The van der Waals surface area contributed by atoms with Crippen LogP contribution in [-0.4, -0.2) is 18.4 Å². The zero-order chi connectivity index (χ0) is 14.8. The van der Waals surface area contributed by atoms with E-state index in [1.807, 2.05) is 37.3 Å². The molecule has 1 aliphatic heterocycles. The first-order chi connectivity index (χ1) is 10.2. The van der Waals surface area contributed by atoms with Crippen LogP contribution in [0, 0.1) is 0 Å². The van der Waals surface area contributed by atoms with Crippen LogP contribution < -0.4 is 10.2 Å². The third-order valence-corrected chi connectivity index (χ3v) is 3.61. The molecule has 0 spiro atoms. The average molecular weight is 280 g/mol. The fraction of sp³-hybridized carbons (Fsp3) is 0.176. The van der Waals surface area contributed by atoms with Crippen molar-refractivity contribution in [2.75, 3.05) is 16.8 Å². The Kier molecular flexibility index (Phi) is 3.44. The van der Waals surface area contributed by atoms with Crippen molar-refractivity contribution in [2.24, 2.45) is 0 Å². The Hall–Kier alpha value is -2.62. The summed E-state index contributed by atoms with van der Waals surface area (Å²) in [7, 11) is 0. The molecular weight excluding hydrogens is 264 g/mol. The zero-order valence-corrected chi connectivity index (χ0v) is 11.8. The van der Waals surface area contributed by atoms with Crippen LogP contribution in [0.5, 0.6) is 0 Å². The van der Waals surface area contributed by atoms with Crippen LogP contribution in [0.15, 0.2) is 48.5 Å². The number of nitrogens with one attached hydrogen (secondary N) is 1. The maximum Gasteiger partial charge on any atom is 0.258 e. The number of amides is 2. The second-order valence-corrected chi connectivity index (χ2v) is 4.98.